The second kappa shape index (κ2) is 7.57. The Morgan fingerprint density at radius 1 is 1.32 bits per heavy atom. The molecule has 2 amide bonds. The monoisotopic (exact) mass is 345 g/mol. The van der Waals surface area contributed by atoms with Crippen LogP contribution in [-0.4, -0.2) is 48.5 Å². The lowest BCUT2D eigenvalue weighted by Crippen LogP contribution is -2.51. The second-order valence-electron chi connectivity index (χ2n) is 6.24. The van der Waals surface area contributed by atoms with E-state index < -0.39 is 0 Å². The van der Waals surface area contributed by atoms with Crippen molar-refractivity contribution in [2.45, 2.75) is 32.6 Å². The Bertz CT molecular complexity index is 721. The molecule has 2 aromatic rings. The SMILES string of the molecule is COc1cccc(-c2cc(CNC(=O)N3C[C@@H](C)O[C@@H](C)C3)no2)c1. The molecule has 0 radical (unpaired) electrons. The van der Waals surface area contributed by atoms with E-state index in [0.717, 1.165) is 11.3 Å². The number of urea groups is 1. The molecule has 1 aliphatic heterocycles. The summed E-state index contributed by atoms with van der Waals surface area (Å²) in [6, 6.07) is 9.25. The molecule has 1 saturated heterocycles. The van der Waals surface area contributed by atoms with Gasteiger partial charge >= 0.3 is 6.03 Å². The van der Waals surface area contributed by atoms with Gasteiger partial charge in [-0.1, -0.05) is 17.3 Å². The van der Waals surface area contributed by atoms with Crippen LogP contribution in [0.2, 0.25) is 0 Å². The number of amides is 2. The highest BCUT2D eigenvalue weighted by Gasteiger charge is 2.25. The Morgan fingerprint density at radius 2 is 2.08 bits per heavy atom. The molecule has 2 heterocycles. The van der Waals surface area contributed by atoms with Crippen molar-refractivity contribution in [1.29, 1.82) is 0 Å². The summed E-state index contributed by atoms with van der Waals surface area (Å²) in [5, 5.41) is 6.90. The normalized spacial score (nSPS) is 20.4. The summed E-state index contributed by atoms with van der Waals surface area (Å²) in [6.07, 6.45) is 0.0856. The summed E-state index contributed by atoms with van der Waals surface area (Å²) in [5.74, 6) is 1.39. The fourth-order valence-electron chi connectivity index (χ4n) is 2.93. The zero-order chi connectivity index (χ0) is 17.8. The number of hydrogen-bond donors (Lipinski definition) is 1. The molecule has 25 heavy (non-hydrogen) atoms. The number of ether oxygens (including phenoxy) is 2. The maximum atomic E-state index is 12.3. The molecule has 0 saturated carbocycles. The molecular formula is C18H23N3O4. The third-order valence-electron chi connectivity index (χ3n) is 4.04. The molecule has 1 aliphatic rings. The summed E-state index contributed by atoms with van der Waals surface area (Å²) in [7, 11) is 1.62. The topological polar surface area (TPSA) is 76.8 Å². The minimum atomic E-state index is -0.118. The van der Waals surface area contributed by atoms with E-state index in [1.165, 1.54) is 0 Å². The van der Waals surface area contributed by atoms with Crippen molar-refractivity contribution in [3.8, 4) is 17.1 Å². The van der Waals surface area contributed by atoms with Gasteiger partial charge < -0.3 is 24.2 Å². The van der Waals surface area contributed by atoms with Crippen molar-refractivity contribution < 1.29 is 18.8 Å². The Morgan fingerprint density at radius 3 is 2.80 bits per heavy atom. The number of carbonyl (C=O) groups is 1. The average Bonchev–Trinajstić information content (AvgIpc) is 3.08. The lowest BCUT2D eigenvalue weighted by molar-refractivity contribution is -0.0545. The third-order valence-corrected chi connectivity index (χ3v) is 4.04. The first-order chi connectivity index (χ1) is 12.0. The molecule has 3 rings (SSSR count). The largest absolute Gasteiger partial charge is 0.497 e. The van der Waals surface area contributed by atoms with Crippen molar-refractivity contribution in [1.82, 2.24) is 15.4 Å². The molecule has 7 nitrogen and oxygen atoms in total. The van der Waals surface area contributed by atoms with E-state index >= 15 is 0 Å². The number of benzene rings is 1. The summed E-state index contributed by atoms with van der Waals surface area (Å²) in [5.41, 5.74) is 1.54. The third kappa shape index (κ3) is 4.30. The molecule has 1 aromatic heterocycles. The van der Waals surface area contributed by atoms with Gasteiger partial charge in [-0.05, 0) is 26.0 Å². The Hall–Kier alpha value is -2.54. The van der Waals surface area contributed by atoms with Crippen molar-refractivity contribution in [2.75, 3.05) is 20.2 Å². The molecule has 134 valence electrons. The molecule has 1 N–H and O–H groups in total. The van der Waals surface area contributed by atoms with Crippen molar-refractivity contribution in [3.05, 3.63) is 36.0 Å². The van der Waals surface area contributed by atoms with Gasteiger partial charge in [0.25, 0.3) is 0 Å². The molecular weight excluding hydrogens is 322 g/mol. The average molecular weight is 345 g/mol. The highest BCUT2D eigenvalue weighted by molar-refractivity contribution is 5.74. The van der Waals surface area contributed by atoms with E-state index in [2.05, 4.69) is 10.5 Å². The maximum absolute atomic E-state index is 12.3. The molecule has 2 atom stereocenters. The summed E-state index contributed by atoms with van der Waals surface area (Å²) < 4.78 is 16.2. The van der Waals surface area contributed by atoms with Crippen LogP contribution < -0.4 is 10.1 Å². The first kappa shape index (κ1) is 17.3. The summed E-state index contributed by atoms with van der Waals surface area (Å²) >= 11 is 0. The molecule has 0 aliphatic carbocycles. The fraction of sp³-hybridized carbons (Fsp3) is 0.444. The lowest BCUT2D eigenvalue weighted by Gasteiger charge is -2.35. The quantitative estimate of drug-likeness (QED) is 0.922. The Labute approximate surface area is 146 Å². The fourth-order valence-corrected chi connectivity index (χ4v) is 2.93. The molecule has 0 unspecified atom stereocenters. The van der Waals surface area contributed by atoms with Gasteiger partial charge in [-0.25, -0.2) is 4.79 Å². The van der Waals surface area contributed by atoms with Crippen LogP contribution in [0, 0.1) is 0 Å². The van der Waals surface area contributed by atoms with Crippen LogP contribution in [0.4, 0.5) is 4.79 Å². The van der Waals surface area contributed by atoms with Gasteiger partial charge in [-0.15, -0.1) is 0 Å². The minimum Gasteiger partial charge on any atom is -0.497 e. The number of nitrogens with one attached hydrogen (secondary N) is 1. The van der Waals surface area contributed by atoms with E-state index in [0.29, 0.717) is 31.1 Å². The van der Waals surface area contributed by atoms with Crippen LogP contribution in [-0.2, 0) is 11.3 Å². The van der Waals surface area contributed by atoms with Crippen LogP contribution in [0.15, 0.2) is 34.9 Å². The van der Waals surface area contributed by atoms with Crippen LogP contribution in [0.1, 0.15) is 19.5 Å². The number of rotatable bonds is 4. The molecule has 7 heteroatoms. The first-order valence-corrected chi connectivity index (χ1v) is 8.33. The van der Waals surface area contributed by atoms with Crippen LogP contribution >= 0.6 is 0 Å². The summed E-state index contributed by atoms with van der Waals surface area (Å²) in [4.78, 5) is 14.1. The highest BCUT2D eigenvalue weighted by Crippen LogP contribution is 2.24. The first-order valence-electron chi connectivity index (χ1n) is 8.33. The van der Waals surface area contributed by atoms with E-state index in [1.54, 1.807) is 12.0 Å². The van der Waals surface area contributed by atoms with E-state index in [9.17, 15) is 4.79 Å². The highest BCUT2D eigenvalue weighted by atomic mass is 16.5. The van der Waals surface area contributed by atoms with E-state index in [1.807, 2.05) is 44.2 Å². The molecule has 0 bridgehead atoms. The Balaban J connectivity index is 1.59. The number of nitrogens with zero attached hydrogens (tertiary/aromatic N) is 2. The Kier molecular flexibility index (Phi) is 5.23. The lowest BCUT2D eigenvalue weighted by atomic mass is 10.1. The van der Waals surface area contributed by atoms with E-state index in [4.69, 9.17) is 14.0 Å². The predicted molar refractivity (Wildman–Crippen MR) is 92.3 cm³/mol. The van der Waals surface area contributed by atoms with Gasteiger partial charge in [0.05, 0.1) is 25.9 Å². The van der Waals surface area contributed by atoms with Gasteiger partial charge in [0.15, 0.2) is 5.76 Å². The van der Waals surface area contributed by atoms with Gasteiger partial charge in [0.1, 0.15) is 11.4 Å². The smallest absolute Gasteiger partial charge is 0.317 e. The number of morpholine rings is 1. The minimum absolute atomic E-state index is 0.0428. The van der Waals surface area contributed by atoms with Gasteiger partial charge in [0, 0.05) is 24.7 Å². The van der Waals surface area contributed by atoms with Crippen LogP contribution in [0.25, 0.3) is 11.3 Å². The number of aromatic nitrogens is 1. The van der Waals surface area contributed by atoms with Gasteiger partial charge in [-0.2, -0.15) is 0 Å². The van der Waals surface area contributed by atoms with E-state index in [-0.39, 0.29) is 18.2 Å². The van der Waals surface area contributed by atoms with Crippen molar-refractivity contribution in [2.24, 2.45) is 0 Å². The zero-order valence-corrected chi connectivity index (χ0v) is 14.7. The van der Waals surface area contributed by atoms with Crippen molar-refractivity contribution in [3.63, 3.8) is 0 Å². The maximum Gasteiger partial charge on any atom is 0.317 e. The van der Waals surface area contributed by atoms with Gasteiger partial charge in [0.2, 0.25) is 0 Å². The van der Waals surface area contributed by atoms with Crippen LogP contribution in [0.5, 0.6) is 5.75 Å². The standard InChI is InChI=1S/C18H23N3O4/c1-12-10-21(11-13(2)24-12)18(22)19-9-15-8-17(25-20-15)14-5-4-6-16(7-14)23-3/h4-8,12-13H,9-11H2,1-3H3,(H,19,22)/t12-,13+. The predicted octanol–water partition coefficient (Wildman–Crippen LogP) is 2.67. The molecule has 1 fully saturated rings. The second-order valence-corrected chi connectivity index (χ2v) is 6.24. The van der Waals surface area contributed by atoms with Crippen LogP contribution in [0.3, 0.4) is 0 Å². The number of methoxy groups -OCH3 is 1. The molecule has 1 aromatic carbocycles. The van der Waals surface area contributed by atoms with Gasteiger partial charge in [-0.3, -0.25) is 0 Å². The summed E-state index contributed by atoms with van der Waals surface area (Å²) in [6.45, 7) is 5.42. The number of carbonyl (C=O) groups excluding carboxylic acids is 1. The zero-order valence-electron chi connectivity index (χ0n) is 14.7. The molecule has 0 spiro atoms. The van der Waals surface area contributed by atoms with Crippen molar-refractivity contribution >= 4 is 6.03 Å². The number of hydrogen-bond acceptors (Lipinski definition) is 5.